The standard InChI is InChI=1S/C9H20N2S/c1-10(2)9-4-6-11(8-9)5-3-7-12/h9,12H,3-8H2,1-2H3. The van der Waals surface area contributed by atoms with Crippen molar-refractivity contribution in [3.63, 3.8) is 0 Å². The molecule has 0 saturated carbocycles. The van der Waals surface area contributed by atoms with E-state index >= 15 is 0 Å². The molecule has 0 amide bonds. The predicted molar refractivity (Wildman–Crippen MR) is 57.0 cm³/mol. The van der Waals surface area contributed by atoms with E-state index in [1.807, 2.05) is 0 Å². The minimum absolute atomic E-state index is 0.782. The van der Waals surface area contributed by atoms with Crippen LogP contribution in [0.15, 0.2) is 0 Å². The van der Waals surface area contributed by atoms with Gasteiger partial charge >= 0.3 is 0 Å². The van der Waals surface area contributed by atoms with Gasteiger partial charge in [-0.05, 0) is 45.8 Å². The highest BCUT2D eigenvalue weighted by atomic mass is 32.1. The van der Waals surface area contributed by atoms with Crippen LogP contribution in [0.4, 0.5) is 0 Å². The molecule has 0 aromatic carbocycles. The number of likely N-dealkylation sites (N-methyl/N-ethyl adjacent to an activating group) is 1. The molecule has 0 N–H and O–H groups in total. The number of hydrogen-bond acceptors (Lipinski definition) is 3. The lowest BCUT2D eigenvalue weighted by Crippen LogP contribution is -2.31. The van der Waals surface area contributed by atoms with Crippen LogP contribution in [-0.2, 0) is 0 Å². The molecule has 1 saturated heterocycles. The molecule has 72 valence electrons. The number of likely N-dealkylation sites (tertiary alicyclic amines) is 1. The average molecular weight is 188 g/mol. The van der Waals surface area contributed by atoms with Gasteiger partial charge in [-0.15, -0.1) is 0 Å². The SMILES string of the molecule is CN(C)C1CCN(CCCS)C1. The lowest BCUT2D eigenvalue weighted by molar-refractivity contribution is 0.269. The zero-order chi connectivity index (χ0) is 8.97. The quantitative estimate of drug-likeness (QED) is 0.656. The van der Waals surface area contributed by atoms with Gasteiger partial charge in [-0.2, -0.15) is 12.6 Å². The molecule has 0 aliphatic carbocycles. The summed E-state index contributed by atoms with van der Waals surface area (Å²) >= 11 is 4.22. The van der Waals surface area contributed by atoms with Crippen LogP contribution in [0.3, 0.4) is 0 Å². The first-order valence-corrected chi connectivity index (χ1v) is 5.37. The molecule has 0 spiro atoms. The van der Waals surface area contributed by atoms with Crippen LogP contribution in [-0.4, -0.2) is 55.3 Å². The maximum atomic E-state index is 4.22. The summed E-state index contributed by atoms with van der Waals surface area (Å²) in [5.74, 6) is 1.02. The Morgan fingerprint density at radius 2 is 2.25 bits per heavy atom. The Hall–Kier alpha value is 0.270. The van der Waals surface area contributed by atoms with Gasteiger partial charge < -0.3 is 9.80 Å². The van der Waals surface area contributed by atoms with Gasteiger partial charge in [0.15, 0.2) is 0 Å². The zero-order valence-corrected chi connectivity index (χ0v) is 9.06. The molecule has 1 atom stereocenters. The van der Waals surface area contributed by atoms with Crippen LogP contribution >= 0.6 is 12.6 Å². The predicted octanol–water partition coefficient (Wildman–Crippen LogP) is 0.942. The molecule has 0 radical (unpaired) electrons. The van der Waals surface area contributed by atoms with Crippen molar-refractivity contribution in [2.75, 3.05) is 39.5 Å². The fraction of sp³-hybridized carbons (Fsp3) is 1.00. The molecule has 0 aromatic rings. The van der Waals surface area contributed by atoms with E-state index in [-0.39, 0.29) is 0 Å². The van der Waals surface area contributed by atoms with Crippen molar-refractivity contribution in [3.8, 4) is 0 Å². The topological polar surface area (TPSA) is 6.48 Å². The van der Waals surface area contributed by atoms with Crippen molar-refractivity contribution in [2.45, 2.75) is 18.9 Å². The molecular weight excluding hydrogens is 168 g/mol. The van der Waals surface area contributed by atoms with E-state index in [2.05, 4.69) is 36.5 Å². The Bertz CT molecular complexity index is 128. The van der Waals surface area contributed by atoms with Crippen LogP contribution in [0.25, 0.3) is 0 Å². The van der Waals surface area contributed by atoms with E-state index in [4.69, 9.17) is 0 Å². The van der Waals surface area contributed by atoms with Crippen molar-refractivity contribution in [2.24, 2.45) is 0 Å². The highest BCUT2D eigenvalue weighted by Gasteiger charge is 2.22. The van der Waals surface area contributed by atoms with Crippen LogP contribution in [0.1, 0.15) is 12.8 Å². The largest absolute Gasteiger partial charge is 0.305 e. The fourth-order valence-corrected chi connectivity index (χ4v) is 1.87. The number of nitrogens with zero attached hydrogens (tertiary/aromatic N) is 2. The highest BCUT2D eigenvalue weighted by Crippen LogP contribution is 2.12. The van der Waals surface area contributed by atoms with E-state index in [0.29, 0.717) is 0 Å². The Morgan fingerprint density at radius 3 is 2.75 bits per heavy atom. The van der Waals surface area contributed by atoms with Gasteiger partial charge in [-0.1, -0.05) is 0 Å². The molecule has 1 aliphatic heterocycles. The van der Waals surface area contributed by atoms with Crippen molar-refractivity contribution >= 4 is 12.6 Å². The second kappa shape index (κ2) is 5.10. The average Bonchev–Trinajstić information content (AvgIpc) is 2.48. The molecule has 0 aromatic heterocycles. The van der Waals surface area contributed by atoms with Gasteiger partial charge in [0.25, 0.3) is 0 Å². The third-order valence-electron chi connectivity index (χ3n) is 2.61. The van der Waals surface area contributed by atoms with Crippen molar-refractivity contribution in [1.29, 1.82) is 0 Å². The van der Waals surface area contributed by atoms with Crippen LogP contribution in [0, 0.1) is 0 Å². The van der Waals surface area contributed by atoms with Gasteiger partial charge in [0.1, 0.15) is 0 Å². The maximum absolute atomic E-state index is 4.22. The third-order valence-corrected chi connectivity index (χ3v) is 2.93. The van der Waals surface area contributed by atoms with E-state index in [1.54, 1.807) is 0 Å². The molecule has 1 fully saturated rings. The lowest BCUT2D eigenvalue weighted by atomic mass is 10.2. The first-order valence-electron chi connectivity index (χ1n) is 4.73. The molecule has 12 heavy (non-hydrogen) atoms. The minimum Gasteiger partial charge on any atom is -0.305 e. The summed E-state index contributed by atoms with van der Waals surface area (Å²) in [5, 5.41) is 0. The van der Waals surface area contributed by atoms with E-state index in [9.17, 15) is 0 Å². The second-order valence-corrected chi connectivity index (χ2v) is 4.23. The van der Waals surface area contributed by atoms with Crippen LogP contribution < -0.4 is 0 Å². The summed E-state index contributed by atoms with van der Waals surface area (Å²) < 4.78 is 0. The van der Waals surface area contributed by atoms with Gasteiger partial charge in [-0.25, -0.2) is 0 Å². The Morgan fingerprint density at radius 1 is 1.50 bits per heavy atom. The Balaban J connectivity index is 2.17. The lowest BCUT2D eigenvalue weighted by Gasteiger charge is -2.19. The number of rotatable bonds is 4. The molecule has 0 bridgehead atoms. The van der Waals surface area contributed by atoms with Crippen LogP contribution in [0.5, 0.6) is 0 Å². The molecule has 2 nitrogen and oxygen atoms in total. The van der Waals surface area contributed by atoms with Gasteiger partial charge in [0.05, 0.1) is 0 Å². The molecule has 1 unspecified atom stereocenters. The maximum Gasteiger partial charge on any atom is 0.0229 e. The summed E-state index contributed by atoms with van der Waals surface area (Å²) in [6.45, 7) is 3.76. The van der Waals surface area contributed by atoms with Gasteiger partial charge in [-0.3, -0.25) is 0 Å². The summed E-state index contributed by atoms with van der Waals surface area (Å²) in [7, 11) is 4.35. The fourth-order valence-electron chi connectivity index (χ4n) is 1.73. The Labute approximate surface area is 81.3 Å². The molecule has 3 heteroatoms. The number of hydrogen-bond donors (Lipinski definition) is 1. The van der Waals surface area contributed by atoms with E-state index in [0.717, 1.165) is 11.8 Å². The molecule has 1 heterocycles. The van der Waals surface area contributed by atoms with E-state index < -0.39 is 0 Å². The minimum atomic E-state index is 0.782. The van der Waals surface area contributed by atoms with Gasteiger partial charge in [0.2, 0.25) is 0 Å². The summed E-state index contributed by atoms with van der Waals surface area (Å²) in [5.41, 5.74) is 0. The van der Waals surface area contributed by atoms with Gasteiger partial charge in [0, 0.05) is 12.6 Å². The smallest absolute Gasteiger partial charge is 0.0229 e. The first kappa shape index (κ1) is 10.4. The van der Waals surface area contributed by atoms with Crippen molar-refractivity contribution in [3.05, 3.63) is 0 Å². The second-order valence-electron chi connectivity index (χ2n) is 3.78. The van der Waals surface area contributed by atoms with Crippen molar-refractivity contribution < 1.29 is 0 Å². The normalized spacial score (nSPS) is 25.5. The monoisotopic (exact) mass is 188 g/mol. The Kier molecular flexibility index (Phi) is 4.40. The van der Waals surface area contributed by atoms with Crippen molar-refractivity contribution in [1.82, 2.24) is 9.80 Å². The molecule has 1 aliphatic rings. The summed E-state index contributed by atoms with van der Waals surface area (Å²) in [6, 6.07) is 0.782. The zero-order valence-electron chi connectivity index (χ0n) is 8.16. The first-order chi connectivity index (χ1) is 5.74. The summed E-state index contributed by atoms with van der Waals surface area (Å²) in [4.78, 5) is 4.88. The molecule has 1 rings (SSSR count). The number of thiol groups is 1. The highest BCUT2D eigenvalue weighted by molar-refractivity contribution is 7.80. The third kappa shape index (κ3) is 2.96. The summed E-state index contributed by atoms with van der Waals surface area (Å²) in [6.07, 6.45) is 2.56. The van der Waals surface area contributed by atoms with Crippen LogP contribution in [0.2, 0.25) is 0 Å². The van der Waals surface area contributed by atoms with E-state index in [1.165, 1.54) is 32.5 Å². The molecular formula is C9H20N2S.